The average molecular weight is 290 g/mol. The third-order valence-corrected chi connectivity index (χ3v) is 3.38. The van der Waals surface area contributed by atoms with Gasteiger partial charge in [-0.25, -0.2) is 4.79 Å². The Hall–Kier alpha value is -2.57. The number of piperazine rings is 1. The number of carbonyl (C=O) groups excluding carboxylic acids is 3. The molecule has 21 heavy (non-hydrogen) atoms. The summed E-state index contributed by atoms with van der Waals surface area (Å²) in [6.45, 7) is 2.82. The highest BCUT2D eigenvalue weighted by atomic mass is 16.2. The van der Waals surface area contributed by atoms with Crippen molar-refractivity contribution in [3.8, 4) is 0 Å². The highest BCUT2D eigenvalue weighted by Gasteiger charge is 2.31. The largest absolute Gasteiger partial charge is 0.353 e. The van der Waals surface area contributed by atoms with Gasteiger partial charge < -0.3 is 21.3 Å². The van der Waals surface area contributed by atoms with Crippen LogP contribution < -0.4 is 16.4 Å². The minimum Gasteiger partial charge on any atom is -0.353 e. The molecule has 7 heteroatoms. The number of hydrogen-bond donors (Lipinski definition) is 3. The summed E-state index contributed by atoms with van der Waals surface area (Å²) < 4.78 is 0. The zero-order chi connectivity index (χ0) is 15.4. The number of nitrogens with one attached hydrogen (secondary N) is 2. The molecule has 0 spiro atoms. The fraction of sp³-hybridized carbons (Fsp3) is 0.357. The summed E-state index contributed by atoms with van der Waals surface area (Å²) in [6.07, 6.45) is 0.568. The molecule has 112 valence electrons. The number of rotatable bonds is 3. The Labute approximate surface area is 122 Å². The Balaban J connectivity index is 2.15. The van der Waals surface area contributed by atoms with Gasteiger partial charge in [-0.05, 0) is 30.7 Å². The number of carbonyl (C=O) groups is 3. The average Bonchev–Trinajstić information content (AvgIpc) is 2.46. The molecule has 1 aromatic rings. The second kappa shape index (κ2) is 6.25. The third-order valence-electron chi connectivity index (χ3n) is 3.38. The van der Waals surface area contributed by atoms with E-state index in [0.29, 0.717) is 30.8 Å². The molecule has 1 fully saturated rings. The standard InChI is InChI=1S/C14H18N4O3/c1-2-11-12(19)16-7-8-18(11)13(20)9-3-5-10(6-4-9)17-14(15)21/h3-6,11H,2,7-8H2,1H3,(H,16,19)(H3,15,17,21). The first-order chi connectivity index (χ1) is 10.0. The van der Waals surface area contributed by atoms with E-state index in [4.69, 9.17) is 5.73 Å². The van der Waals surface area contributed by atoms with E-state index in [0.717, 1.165) is 0 Å². The van der Waals surface area contributed by atoms with Crippen LogP contribution in [0.25, 0.3) is 0 Å². The lowest BCUT2D eigenvalue weighted by Crippen LogP contribution is -2.56. The molecule has 1 aliphatic heterocycles. The molecule has 1 aromatic carbocycles. The van der Waals surface area contributed by atoms with Crippen LogP contribution in [0.15, 0.2) is 24.3 Å². The Bertz CT molecular complexity index is 556. The molecule has 1 saturated heterocycles. The van der Waals surface area contributed by atoms with E-state index in [2.05, 4.69) is 10.6 Å². The van der Waals surface area contributed by atoms with E-state index in [1.807, 2.05) is 6.92 Å². The maximum absolute atomic E-state index is 12.5. The van der Waals surface area contributed by atoms with Gasteiger partial charge in [-0.3, -0.25) is 9.59 Å². The van der Waals surface area contributed by atoms with Crippen LogP contribution in [0.2, 0.25) is 0 Å². The van der Waals surface area contributed by atoms with E-state index < -0.39 is 12.1 Å². The van der Waals surface area contributed by atoms with Crippen LogP contribution in [0, 0.1) is 0 Å². The van der Waals surface area contributed by atoms with Crippen LogP contribution in [0.1, 0.15) is 23.7 Å². The number of nitrogens with zero attached hydrogens (tertiary/aromatic N) is 1. The van der Waals surface area contributed by atoms with Gasteiger partial charge in [0.15, 0.2) is 0 Å². The Morgan fingerprint density at radius 1 is 1.38 bits per heavy atom. The summed E-state index contributed by atoms with van der Waals surface area (Å²) in [4.78, 5) is 36.6. The van der Waals surface area contributed by atoms with Crippen molar-refractivity contribution in [3.63, 3.8) is 0 Å². The van der Waals surface area contributed by atoms with Crippen LogP contribution in [0.5, 0.6) is 0 Å². The predicted octanol–water partition coefficient (Wildman–Crippen LogP) is 0.528. The molecule has 0 bridgehead atoms. The van der Waals surface area contributed by atoms with Crippen molar-refractivity contribution in [1.29, 1.82) is 0 Å². The van der Waals surface area contributed by atoms with Gasteiger partial charge >= 0.3 is 6.03 Å². The highest BCUT2D eigenvalue weighted by Crippen LogP contribution is 2.16. The van der Waals surface area contributed by atoms with E-state index in [9.17, 15) is 14.4 Å². The summed E-state index contributed by atoms with van der Waals surface area (Å²) >= 11 is 0. The third kappa shape index (κ3) is 3.31. The SMILES string of the molecule is CCC1C(=O)NCCN1C(=O)c1ccc(NC(N)=O)cc1. The fourth-order valence-electron chi connectivity index (χ4n) is 2.37. The van der Waals surface area contributed by atoms with Crippen LogP contribution in [0.3, 0.4) is 0 Å². The van der Waals surface area contributed by atoms with E-state index in [1.165, 1.54) is 0 Å². The molecule has 0 radical (unpaired) electrons. The lowest BCUT2D eigenvalue weighted by molar-refractivity contribution is -0.127. The maximum Gasteiger partial charge on any atom is 0.316 e. The number of amides is 4. The maximum atomic E-state index is 12.5. The zero-order valence-electron chi connectivity index (χ0n) is 11.8. The Morgan fingerprint density at radius 2 is 2.05 bits per heavy atom. The van der Waals surface area contributed by atoms with Gasteiger partial charge in [0.2, 0.25) is 5.91 Å². The molecule has 7 nitrogen and oxygen atoms in total. The minimum atomic E-state index is -0.659. The van der Waals surface area contributed by atoms with Crippen molar-refractivity contribution in [2.45, 2.75) is 19.4 Å². The molecule has 1 aliphatic rings. The number of anilines is 1. The molecule has 2 rings (SSSR count). The first kappa shape index (κ1) is 14.8. The van der Waals surface area contributed by atoms with Gasteiger partial charge in [0.1, 0.15) is 6.04 Å². The molecule has 0 aromatic heterocycles. The second-order valence-corrected chi connectivity index (χ2v) is 4.78. The molecular formula is C14H18N4O3. The first-order valence-corrected chi connectivity index (χ1v) is 6.78. The molecule has 4 N–H and O–H groups in total. The van der Waals surface area contributed by atoms with Crippen LogP contribution >= 0.6 is 0 Å². The molecule has 1 heterocycles. The summed E-state index contributed by atoms with van der Waals surface area (Å²) in [6, 6.07) is 5.31. The van der Waals surface area contributed by atoms with Crippen molar-refractivity contribution in [1.82, 2.24) is 10.2 Å². The van der Waals surface area contributed by atoms with Gasteiger partial charge in [0.05, 0.1) is 0 Å². The normalized spacial score (nSPS) is 18.0. The number of primary amides is 1. The van der Waals surface area contributed by atoms with Gasteiger partial charge in [0.25, 0.3) is 5.91 Å². The Morgan fingerprint density at radius 3 is 2.62 bits per heavy atom. The molecule has 0 saturated carbocycles. The van der Waals surface area contributed by atoms with Crippen molar-refractivity contribution >= 4 is 23.5 Å². The lowest BCUT2D eigenvalue weighted by atomic mass is 10.1. The van der Waals surface area contributed by atoms with Crippen LogP contribution in [0.4, 0.5) is 10.5 Å². The number of hydrogen-bond acceptors (Lipinski definition) is 3. The highest BCUT2D eigenvalue weighted by molar-refractivity contribution is 5.98. The summed E-state index contributed by atoms with van der Waals surface area (Å²) in [5.74, 6) is -0.313. The van der Waals surface area contributed by atoms with E-state index >= 15 is 0 Å². The van der Waals surface area contributed by atoms with Gasteiger partial charge in [-0.2, -0.15) is 0 Å². The monoisotopic (exact) mass is 290 g/mol. The van der Waals surface area contributed by atoms with Crippen LogP contribution in [-0.2, 0) is 4.79 Å². The van der Waals surface area contributed by atoms with Crippen molar-refractivity contribution in [2.75, 3.05) is 18.4 Å². The quantitative estimate of drug-likeness (QED) is 0.756. The summed E-state index contributed by atoms with van der Waals surface area (Å²) in [5.41, 5.74) is 6.01. The van der Waals surface area contributed by atoms with E-state index in [-0.39, 0.29) is 11.8 Å². The van der Waals surface area contributed by atoms with Gasteiger partial charge in [-0.1, -0.05) is 6.92 Å². The molecule has 1 atom stereocenters. The summed E-state index contributed by atoms with van der Waals surface area (Å²) in [7, 11) is 0. The molecule has 4 amide bonds. The molecule has 1 unspecified atom stereocenters. The number of benzene rings is 1. The van der Waals surface area contributed by atoms with Crippen molar-refractivity contribution in [2.24, 2.45) is 5.73 Å². The molecular weight excluding hydrogens is 272 g/mol. The second-order valence-electron chi connectivity index (χ2n) is 4.78. The predicted molar refractivity (Wildman–Crippen MR) is 77.8 cm³/mol. The smallest absolute Gasteiger partial charge is 0.316 e. The lowest BCUT2D eigenvalue weighted by Gasteiger charge is -2.34. The first-order valence-electron chi connectivity index (χ1n) is 6.78. The number of nitrogens with two attached hydrogens (primary N) is 1. The van der Waals surface area contributed by atoms with Gasteiger partial charge in [-0.15, -0.1) is 0 Å². The number of urea groups is 1. The van der Waals surface area contributed by atoms with E-state index in [1.54, 1.807) is 29.2 Å². The Kier molecular flexibility index (Phi) is 4.42. The van der Waals surface area contributed by atoms with Crippen molar-refractivity contribution < 1.29 is 14.4 Å². The summed E-state index contributed by atoms with van der Waals surface area (Å²) in [5, 5.41) is 5.18. The zero-order valence-corrected chi connectivity index (χ0v) is 11.8. The fourth-order valence-corrected chi connectivity index (χ4v) is 2.37. The molecule has 0 aliphatic carbocycles. The van der Waals surface area contributed by atoms with Gasteiger partial charge in [0, 0.05) is 24.3 Å². The topological polar surface area (TPSA) is 105 Å². The van der Waals surface area contributed by atoms with Crippen LogP contribution in [-0.4, -0.2) is 41.9 Å². The minimum absolute atomic E-state index is 0.121. The van der Waals surface area contributed by atoms with Crippen molar-refractivity contribution in [3.05, 3.63) is 29.8 Å².